The van der Waals surface area contributed by atoms with E-state index in [9.17, 15) is 4.79 Å². The Hall–Kier alpha value is -2.18. The first-order valence-electron chi connectivity index (χ1n) is 5.48. The highest BCUT2D eigenvalue weighted by Crippen LogP contribution is 2.13. The molecular weight excluding hydrogens is 220 g/mol. The minimum absolute atomic E-state index is 0.736. The largest absolute Gasteiger partial charge is 0.352 e. The maximum atomic E-state index is 10.6. The van der Waals surface area contributed by atoms with E-state index in [1.807, 2.05) is 12.1 Å². The molecule has 0 aromatic carbocycles. The minimum atomic E-state index is 0.736. The Kier molecular flexibility index (Phi) is 2.36. The Morgan fingerprint density at radius 1 is 1.18 bits per heavy atom. The summed E-state index contributed by atoms with van der Waals surface area (Å²) in [5.74, 6) is 0.892. The van der Waals surface area contributed by atoms with E-state index >= 15 is 0 Å². The molecule has 7 heteroatoms. The van der Waals surface area contributed by atoms with Crippen LogP contribution < -0.4 is 4.90 Å². The zero-order valence-electron chi connectivity index (χ0n) is 9.23. The van der Waals surface area contributed by atoms with Gasteiger partial charge in [-0.1, -0.05) is 0 Å². The molecule has 0 spiro atoms. The first-order chi connectivity index (χ1) is 8.36. The minimum Gasteiger partial charge on any atom is -0.352 e. The lowest BCUT2D eigenvalue weighted by Crippen LogP contribution is -2.46. The van der Waals surface area contributed by atoms with E-state index < -0.39 is 0 Å². The number of amides is 1. The molecule has 0 bridgehead atoms. The van der Waals surface area contributed by atoms with Crippen molar-refractivity contribution in [2.24, 2.45) is 0 Å². The number of carbonyl (C=O) groups is 1. The first-order valence-corrected chi connectivity index (χ1v) is 5.48. The standard InChI is InChI=1S/C10H12N6O/c17-8-14-3-5-15(6-4-14)10-2-1-9-12-11-7-16(9)13-10/h1-2,7-8H,3-6H2. The highest BCUT2D eigenvalue weighted by molar-refractivity contribution is 5.50. The smallest absolute Gasteiger partial charge is 0.209 e. The molecular formula is C10H12N6O. The van der Waals surface area contributed by atoms with Gasteiger partial charge in [0.1, 0.15) is 12.1 Å². The van der Waals surface area contributed by atoms with Crippen molar-refractivity contribution < 1.29 is 4.79 Å². The van der Waals surface area contributed by atoms with Crippen molar-refractivity contribution in [3.8, 4) is 0 Å². The average Bonchev–Trinajstić information content (AvgIpc) is 2.86. The second-order valence-electron chi connectivity index (χ2n) is 3.95. The van der Waals surface area contributed by atoms with E-state index in [-0.39, 0.29) is 0 Å². The van der Waals surface area contributed by atoms with Crippen molar-refractivity contribution in [3.63, 3.8) is 0 Å². The molecule has 3 rings (SSSR count). The molecule has 3 heterocycles. The maximum absolute atomic E-state index is 10.6. The molecule has 1 aliphatic heterocycles. The van der Waals surface area contributed by atoms with Crippen LogP contribution in [0.25, 0.3) is 5.65 Å². The summed E-state index contributed by atoms with van der Waals surface area (Å²) < 4.78 is 1.65. The van der Waals surface area contributed by atoms with Gasteiger partial charge in [0.2, 0.25) is 6.41 Å². The van der Waals surface area contributed by atoms with Gasteiger partial charge in [-0.3, -0.25) is 4.79 Å². The fourth-order valence-electron chi connectivity index (χ4n) is 1.94. The molecule has 0 N–H and O–H groups in total. The van der Waals surface area contributed by atoms with Gasteiger partial charge >= 0.3 is 0 Å². The Bertz CT molecular complexity index is 530. The van der Waals surface area contributed by atoms with Crippen LogP contribution in [0.3, 0.4) is 0 Å². The second kappa shape index (κ2) is 4.00. The van der Waals surface area contributed by atoms with Crippen LogP contribution in [0.4, 0.5) is 5.82 Å². The van der Waals surface area contributed by atoms with Gasteiger partial charge in [-0.25, -0.2) is 0 Å². The topological polar surface area (TPSA) is 66.6 Å². The van der Waals surface area contributed by atoms with E-state index in [0.29, 0.717) is 0 Å². The molecule has 1 fully saturated rings. The summed E-state index contributed by atoms with van der Waals surface area (Å²) in [4.78, 5) is 14.5. The summed E-state index contributed by atoms with van der Waals surface area (Å²) in [6, 6.07) is 3.82. The van der Waals surface area contributed by atoms with Crippen LogP contribution >= 0.6 is 0 Å². The summed E-state index contributed by atoms with van der Waals surface area (Å²) in [5.41, 5.74) is 0.736. The van der Waals surface area contributed by atoms with Crippen molar-refractivity contribution in [2.45, 2.75) is 0 Å². The molecule has 0 unspecified atom stereocenters. The molecule has 88 valence electrons. The summed E-state index contributed by atoms with van der Waals surface area (Å²) in [7, 11) is 0. The number of aromatic nitrogens is 4. The lowest BCUT2D eigenvalue weighted by atomic mass is 10.3. The molecule has 1 amide bonds. The molecule has 2 aromatic heterocycles. The fraction of sp³-hybridized carbons (Fsp3) is 0.400. The summed E-state index contributed by atoms with van der Waals surface area (Å²) in [6.07, 6.45) is 2.48. The van der Waals surface area contributed by atoms with Gasteiger partial charge in [-0.2, -0.15) is 4.52 Å². The molecule has 1 saturated heterocycles. The molecule has 2 aromatic rings. The summed E-state index contributed by atoms with van der Waals surface area (Å²) in [6.45, 7) is 3.09. The van der Waals surface area contributed by atoms with E-state index in [2.05, 4.69) is 20.2 Å². The molecule has 0 radical (unpaired) electrons. The van der Waals surface area contributed by atoms with Crippen LogP contribution in [0.2, 0.25) is 0 Å². The SMILES string of the molecule is O=CN1CCN(c2ccc3nncn3n2)CC1. The highest BCUT2D eigenvalue weighted by Gasteiger charge is 2.17. The molecule has 7 nitrogen and oxygen atoms in total. The van der Waals surface area contributed by atoms with Gasteiger partial charge in [0, 0.05) is 26.2 Å². The third kappa shape index (κ3) is 1.79. The van der Waals surface area contributed by atoms with Crippen LogP contribution in [-0.4, -0.2) is 57.3 Å². The van der Waals surface area contributed by atoms with Crippen LogP contribution in [0.15, 0.2) is 18.5 Å². The van der Waals surface area contributed by atoms with E-state index in [4.69, 9.17) is 0 Å². The molecule has 0 saturated carbocycles. The normalized spacial score (nSPS) is 16.5. The quantitative estimate of drug-likeness (QED) is 0.647. The van der Waals surface area contributed by atoms with Crippen LogP contribution in [0.1, 0.15) is 0 Å². The number of carbonyl (C=O) groups excluding carboxylic acids is 1. The monoisotopic (exact) mass is 232 g/mol. The maximum Gasteiger partial charge on any atom is 0.209 e. The van der Waals surface area contributed by atoms with Crippen molar-refractivity contribution in [3.05, 3.63) is 18.5 Å². The summed E-state index contributed by atoms with van der Waals surface area (Å²) in [5, 5.41) is 12.1. The van der Waals surface area contributed by atoms with Gasteiger partial charge in [0.25, 0.3) is 0 Å². The van der Waals surface area contributed by atoms with Crippen LogP contribution in [-0.2, 0) is 4.79 Å². The van der Waals surface area contributed by atoms with Gasteiger partial charge in [0.05, 0.1) is 0 Å². The zero-order valence-corrected chi connectivity index (χ0v) is 9.23. The van der Waals surface area contributed by atoms with Crippen molar-refractivity contribution in [1.82, 2.24) is 24.7 Å². The fourth-order valence-corrected chi connectivity index (χ4v) is 1.94. The van der Waals surface area contributed by atoms with Crippen molar-refractivity contribution in [2.75, 3.05) is 31.1 Å². The van der Waals surface area contributed by atoms with Crippen molar-refractivity contribution in [1.29, 1.82) is 0 Å². The van der Waals surface area contributed by atoms with E-state index in [0.717, 1.165) is 44.1 Å². The first kappa shape index (κ1) is 10.0. The van der Waals surface area contributed by atoms with Crippen molar-refractivity contribution >= 4 is 17.9 Å². The van der Waals surface area contributed by atoms with Gasteiger partial charge in [0.15, 0.2) is 5.65 Å². The lowest BCUT2D eigenvalue weighted by molar-refractivity contribution is -0.118. The average molecular weight is 232 g/mol. The predicted octanol–water partition coefficient (Wildman–Crippen LogP) is -0.597. The number of nitrogens with zero attached hydrogens (tertiary/aromatic N) is 6. The third-order valence-electron chi connectivity index (χ3n) is 2.93. The molecule has 0 aliphatic carbocycles. The second-order valence-corrected chi connectivity index (χ2v) is 3.95. The molecule has 17 heavy (non-hydrogen) atoms. The van der Waals surface area contributed by atoms with Crippen LogP contribution in [0.5, 0.6) is 0 Å². The lowest BCUT2D eigenvalue weighted by Gasteiger charge is -2.33. The number of hydrogen-bond acceptors (Lipinski definition) is 5. The van der Waals surface area contributed by atoms with Gasteiger partial charge in [-0.05, 0) is 12.1 Å². The van der Waals surface area contributed by atoms with Gasteiger partial charge in [-0.15, -0.1) is 15.3 Å². The van der Waals surface area contributed by atoms with Crippen LogP contribution in [0, 0.1) is 0 Å². The Morgan fingerprint density at radius 3 is 2.76 bits per heavy atom. The number of anilines is 1. The number of piperazine rings is 1. The number of fused-ring (bicyclic) bond motifs is 1. The zero-order chi connectivity index (χ0) is 11.7. The predicted molar refractivity (Wildman–Crippen MR) is 60.6 cm³/mol. The highest BCUT2D eigenvalue weighted by atomic mass is 16.1. The Morgan fingerprint density at radius 2 is 2.00 bits per heavy atom. The van der Waals surface area contributed by atoms with E-state index in [1.54, 1.807) is 15.7 Å². The van der Waals surface area contributed by atoms with E-state index in [1.165, 1.54) is 0 Å². The molecule has 1 aliphatic rings. The Labute approximate surface area is 97.6 Å². The number of rotatable bonds is 2. The number of hydrogen-bond donors (Lipinski definition) is 0. The molecule has 0 atom stereocenters. The third-order valence-corrected chi connectivity index (χ3v) is 2.93. The summed E-state index contributed by atoms with van der Waals surface area (Å²) >= 11 is 0. The Balaban J connectivity index is 1.81. The van der Waals surface area contributed by atoms with Gasteiger partial charge < -0.3 is 9.80 Å².